The number of hydrogen-bond donors (Lipinski definition) is 5. The Morgan fingerprint density at radius 2 is 1.50 bits per heavy atom. The average Bonchev–Trinajstić information content (AvgIpc) is 2.73. The van der Waals surface area contributed by atoms with Crippen molar-refractivity contribution in [3.8, 4) is 5.75 Å². The molecule has 3 aromatic carbocycles. The van der Waals surface area contributed by atoms with Crippen molar-refractivity contribution < 1.29 is 39.8 Å². The number of phenolic OH excluding ortho intramolecular Hbond substituents is 1. The third-order valence-corrected chi connectivity index (χ3v) is 6.79. The monoisotopic (exact) mass is 529 g/mol. The molecule has 0 aromatic heterocycles. The molecule has 14 nitrogen and oxygen atoms in total. The minimum absolute atomic E-state index is 0.000946. The third-order valence-electron chi connectivity index (χ3n) is 4.38. The largest absolute Gasteiger partial charge is 0.505 e. The van der Waals surface area contributed by atoms with E-state index < -0.39 is 58.2 Å². The van der Waals surface area contributed by atoms with E-state index in [1.807, 2.05) is 0 Å². The molecule has 1 unspecified atom stereocenters. The number of nitrogens with two attached hydrogens (primary N) is 1. The van der Waals surface area contributed by atoms with E-state index in [-0.39, 0.29) is 27.0 Å². The molecule has 0 radical (unpaired) electrons. The second-order valence-electron chi connectivity index (χ2n) is 6.50. The highest BCUT2D eigenvalue weighted by Crippen LogP contribution is 2.45. The van der Waals surface area contributed by atoms with Gasteiger partial charge in [0.15, 0.2) is 16.8 Å². The molecular weight excluding hydrogens is 514 g/mol. The highest BCUT2D eigenvalue weighted by Gasteiger charge is 2.24. The van der Waals surface area contributed by atoms with Crippen molar-refractivity contribution in [3.63, 3.8) is 0 Å². The van der Waals surface area contributed by atoms with Crippen molar-refractivity contribution in [1.82, 2.24) is 0 Å². The van der Waals surface area contributed by atoms with Crippen molar-refractivity contribution in [2.75, 3.05) is 12.8 Å². The quantitative estimate of drug-likeness (QED) is 0.135. The highest BCUT2D eigenvalue weighted by molar-refractivity contribution is 7.86. The molecule has 0 saturated heterocycles. The zero-order valence-electron chi connectivity index (χ0n) is 16.9. The van der Waals surface area contributed by atoms with Crippen molar-refractivity contribution in [2.45, 2.75) is 14.7 Å². The smallest absolute Gasteiger partial charge is 0.296 e. The molecule has 180 valence electrons. The van der Waals surface area contributed by atoms with Gasteiger partial charge in [-0.3, -0.25) is 9.11 Å². The molecule has 6 N–H and O–H groups in total. The first-order chi connectivity index (χ1) is 15.8. The summed E-state index contributed by atoms with van der Waals surface area (Å²) in [7, 11) is -8.58. The van der Waals surface area contributed by atoms with Crippen LogP contribution in [0, 0.1) is 0 Å². The van der Waals surface area contributed by atoms with Crippen LogP contribution in [-0.2, 0) is 31.3 Å². The summed E-state index contributed by atoms with van der Waals surface area (Å²) in [4.78, 5) is -1.97. The summed E-state index contributed by atoms with van der Waals surface area (Å²) in [6, 6.07) is 6.31. The van der Waals surface area contributed by atoms with Gasteiger partial charge >= 0.3 is 0 Å². The Hall–Kier alpha value is -3.35. The first-order valence-corrected chi connectivity index (χ1v) is 12.7. The molecule has 34 heavy (non-hydrogen) atoms. The Morgan fingerprint density at radius 1 is 0.853 bits per heavy atom. The number of benzene rings is 3. The van der Waals surface area contributed by atoms with Crippen molar-refractivity contribution >= 4 is 64.8 Å². The van der Waals surface area contributed by atoms with Gasteiger partial charge in [0.25, 0.3) is 20.2 Å². The van der Waals surface area contributed by atoms with E-state index in [2.05, 4.69) is 20.5 Å². The van der Waals surface area contributed by atoms with Crippen LogP contribution in [0.4, 0.5) is 22.7 Å². The van der Waals surface area contributed by atoms with E-state index >= 15 is 0 Å². The summed E-state index contributed by atoms with van der Waals surface area (Å²) >= 11 is -2.56. The van der Waals surface area contributed by atoms with Crippen molar-refractivity contribution in [2.24, 2.45) is 20.5 Å². The van der Waals surface area contributed by atoms with Gasteiger partial charge < -0.3 is 15.4 Å². The van der Waals surface area contributed by atoms with Crippen molar-refractivity contribution in [1.29, 1.82) is 0 Å². The molecule has 3 rings (SSSR count). The predicted molar refractivity (Wildman–Crippen MR) is 120 cm³/mol. The molecule has 0 aliphatic heterocycles. The Labute approximate surface area is 194 Å². The SMILES string of the molecule is CN=Nc1c(S(=O)(=O)O)cc2c(N=Nc3ccc(S(=O)O)cc3S(=O)(=O)O)c(N)ccc2c1O. The summed E-state index contributed by atoms with van der Waals surface area (Å²) in [5, 5.41) is 25.0. The van der Waals surface area contributed by atoms with Crippen LogP contribution in [0.2, 0.25) is 0 Å². The Balaban J connectivity index is 2.33. The molecule has 0 bridgehead atoms. The van der Waals surface area contributed by atoms with Gasteiger partial charge in [-0.15, -0.1) is 10.2 Å². The lowest BCUT2D eigenvalue weighted by Crippen LogP contribution is -2.00. The van der Waals surface area contributed by atoms with Crippen LogP contribution in [0.15, 0.2) is 71.5 Å². The summed E-state index contributed by atoms with van der Waals surface area (Å²) in [6.07, 6.45) is 0. The van der Waals surface area contributed by atoms with Gasteiger partial charge in [0, 0.05) is 17.8 Å². The lowest BCUT2D eigenvalue weighted by Gasteiger charge is -2.11. The molecule has 17 heteroatoms. The average molecular weight is 530 g/mol. The Bertz CT molecular complexity index is 1620. The van der Waals surface area contributed by atoms with Gasteiger partial charge in [0.2, 0.25) is 0 Å². The first-order valence-electron chi connectivity index (χ1n) is 8.75. The number of phenols is 1. The van der Waals surface area contributed by atoms with E-state index in [0.29, 0.717) is 0 Å². The van der Waals surface area contributed by atoms with E-state index in [1.165, 1.54) is 19.2 Å². The second kappa shape index (κ2) is 9.12. The molecule has 0 aliphatic rings. The summed E-state index contributed by atoms with van der Waals surface area (Å²) in [6.45, 7) is 0. The van der Waals surface area contributed by atoms with Crippen LogP contribution < -0.4 is 5.73 Å². The van der Waals surface area contributed by atoms with E-state index in [9.17, 15) is 35.3 Å². The van der Waals surface area contributed by atoms with Crippen molar-refractivity contribution in [3.05, 3.63) is 36.4 Å². The minimum Gasteiger partial charge on any atom is -0.505 e. The van der Waals surface area contributed by atoms with Gasteiger partial charge in [-0.2, -0.15) is 27.1 Å². The fraction of sp³-hybridized carbons (Fsp3) is 0.0588. The summed E-state index contributed by atoms with van der Waals surface area (Å²) in [5.74, 6) is -0.666. The summed E-state index contributed by atoms with van der Waals surface area (Å²) in [5.41, 5.74) is 4.63. The molecule has 0 fully saturated rings. The molecule has 0 spiro atoms. The summed E-state index contributed by atoms with van der Waals surface area (Å²) < 4.78 is 86.6. The standard InChI is InChI=1S/C17H15N5O9S3/c1-19-21-16-14(34(29,30)31)7-10-9(17(16)23)3-4-11(18)15(10)22-20-12-5-2-8(32(24)25)6-13(12)33(26,27)28/h2-7,23H,18H2,1H3,(H,24,25)(H,26,27,28)(H,29,30,31). The number of rotatable bonds is 6. The number of nitrogens with zero attached hydrogens (tertiary/aromatic N) is 4. The van der Waals surface area contributed by atoms with Crippen LogP contribution in [-0.4, -0.2) is 46.9 Å². The van der Waals surface area contributed by atoms with E-state index in [1.54, 1.807) is 0 Å². The number of azo groups is 2. The predicted octanol–water partition coefficient (Wildman–Crippen LogP) is 3.33. The normalized spacial score (nSPS) is 13.8. The fourth-order valence-corrected chi connectivity index (χ4v) is 4.70. The topological polar surface area (TPSA) is 242 Å². The van der Waals surface area contributed by atoms with Gasteiger partial charge in [-0.25, -0.2) is 4.21 Å². The zero-order chi connectivity index (χ0) is 25.4. The molecule has 0 saturated carbocycles. The number of anilines is 1. The maximum atomic E-state index is 11.9. The molecule has 3 aromatic rings. The van der Waals surface area contributed by atoms with Crippen LogP contribution in [0.5, 0.6) is 5.75 Å². The van der Waals surface area contributed by atoms with Crippen LogP contribution in [0.1, 0.15) is 0 Å². The Morgan fingerprint density at radius 3 is 2.06 bits per heavy atom. The van der Waals surface area contributed by atoms with Crippen LogP contribution in [0.25, 0.3) is 10.8 Å². The van der Waals surface area contributed by atoms with Gasteiger partial charge in [0.1, 0.15) is 26.9 Å². The fourth-order valence-electron chi connectivity index (χ4n) is 2.92. The number of hydrogen-bond acceptors (Lipinski definition) is 11. The van der Waals surface area contributed by atoms with Gasteiger partial charge in [0.05, 0.1) is 10.6 Å². The van der Waals surface area contributed by atoms with E-state index in [4.69, 9.17) is 10.3 Å². The molecule has 0 amide bonds. The van der Waals surface area contributed by atoms with Gasteiger partial charge in [-0.1, -0.05) is 0 Å². The van der Waals surface area contributed by atoms with Crippen LogP contribution in [0.3, 0.4) is 0 Å². The van der Waals surface area contributed by atoms with E-state index in [0.717, 1.165) is 24.3 Å². The number of nitrogen functional groups attached to an aromatic ring is 1. The number of aromatic hydroxyl groups is 1. The molecular formula is C17H15N5O9S3. The molecule has 0 heterocycles. The first kappa shape index (κ1) is 25.3. The molecule has 1 atom stereocenters. The minimum atomic E-state index is -4.90. The lowest BCUT2D eigenvalue weighted by atomic mass is 10.1. The van der Waals surface area contributed by atoms with Crippen LogP contribution >= 0.6 is 0 Å². The molecule has 0 aliphatic carbocycles. The maximum absolute atomic E-state index is 11.9. The lowest BCUT2D eigenvalue weighted by molar-refractivity contribution is 0.472. The third kappa shape index (κ3) is 4.93. The Kier molecular flexibility index (Phi) is 6.78. The maximum Gasteiger partial charge on any atom is 0.296 e. The highest BCUT2D eigenvalue weighted by atomic mass is 32.2. The number of fused-ring (bicyclic) bond motifs is 1. The van der Waals surface area contributed by atoms with Gasteiger partial charge in [-0.05, 0) is 36.4 Å². The zero-order valence-corrected chi connectivity index (χ0v) is 19.3. The second-order valence-corrected chi connectivity index (χ2v) is 10.2.